The number of nitrogens with zero attached hydrogens (tertiary/aromatic N) is 1. The van der Waals surface area contributed by atoms with Crippen molar-refractivity contribution >= 4 is 13.7 Å². The number of likely N-dealkylation sites (N-methyl/N-ethyl adjacent to an activating group) is 1. The van der Waals surface area contributed by atoms with Crippen molar-refractivity contribution in [1.82, 2.24) is 5.32 Å². The second kappa shape index (κ2) is 37.5. The first-order valence-corrected chi connectivity index (χ1v) is 22.4. The van der Waals surface area contributed by atoms with Crippen molar-refractivity contribution in [2.24, 2.45) is 0 Å². The van der Waals surface area contributed by atoms with Gasteiger partial charge >= 0.3 is 7.82 Å². The van der Waals surface area contributed by atoms with Gasteiger partial charge in [0.25, 0.3) is 0 Å². The molecule has 0 radical (unpaired) electrons. The Morgan fingerprint density at radius 3 is 1.61 bits per heavy atom. The maximum Gasteiger partial charge on any atom is 0.472 e. The van der Waals surface area contributed by atoms with Crippen LogP contribution in [0.5, 0.6) is 0 Å². The van der Waals surface area contributed by atoms with E-state index < -0.39 is 20.0 Å². The summed E-state index contributed by atoms with van der Waals surface area (Å²) in [7, 11) is 1.49. The summed E-state index contributed by atoms with van der Waals surface area (Å²) in [4.78, 5) is 23.0. The third-order valence-corrected chi connectivity index (χ3v) is 9.22. The fourth-order valence-electron chi connectivity index (χ4n) is 4.94. The molecule has 8 nitrogen and oxygen atoms in total. The summed E-state index contributed by atoms with van der Waals surface area (Å²) < 4.78 is 23.4. The van der Waals surface area contributed by atoms with Gasteiger partial charge in [0.15, 0.2) is 0 Å². The molecule has 3 atom stereocenters. The van der Waals surface area contributed by atoms with E-state index in [9.17, 15) is 19.4 Å². The molecule has 3 N–H and O–H groups in total. The fourth-order valence-corrected chi connectivity index (χ4v) is 5.67. The van der Waals surface area contributed by atoms with Gasteiger partial charge in [-0.2, -0.15) is 0 Å². The van der Waals surface area contributed by atoms with E-state index >= 15 is 0 Å². The van der Waals surface area contributed by atoms with Crippen LogP contribution in [0.2, 0.25) is 0 Å². The molecule has 316 valence electrons. The molecule has 0 bridgehead atoms. The van der Waals surface area contributed by atoms with Crippen LogP contribution >= 0.6 is 7.82 Å². The molecule has 0 aliphatic carbocycles. The maximum atomic E-state index is 12.8. The van der Waals surface area contributed by atoms with Gasteiger partial charge < -0.3 is 19.8 Å². The number of hydrogen-bond acceptors (Lipinski definition) is 5. The second-order valence-corrected chi connectivity index (χ2v) is 16.1. The van der Waals surface area contributed by atoms with Crippen molar-refractivity contribution in [3.05, 3.63) is 122 Å². The summed E-state index contributed by atoms with van der Waals surface area (Å²) in [6.45, 7) is 4.36. The highest BCUT2D eigenvalue weighted by atomic mass is 31.2. The number of amides is 1. The third kappa shape index (κ3) is 39.1. The first-order chi connectivity index (χ1) is 27.0. The van der Waals surface area contributed by atoms with Gasteiger partial charge in [-0.25, -0.2) is 4.57 Å². The average Bonchev–Trinajstić information content (AvgIpc) is 3.15. The highest BCUT2D eigenvalue weighted by molar-refractivity contribution is 7.47. The highest BCUT2D eigenvalue weighted by Gasteiger charge is 2.27. The summed E-state index contributed by atoms with van der Waals surface area (Å²) in [5.41, 5.74) is 0. The third-order valence-electron chi connectivity index (χ3n) is 8.24. The number of quaternary nitrogens is 1. The van der Waals surface area contributed by atoms with Crippen molar-refractivity contribution < 1.29 is 32.9 Å². The van der Waals surface area contributed by atoms with Crippen LogP contribution < -0.4 is 5.32 Å². The van der Waals surface area contributed by atoms with E-state index in [4.69, 9.17) is 9.05 Å². The first-order valence-electron chi connectivity index (χ1n) is 20.9. The van der Waals surface area contributed by atoms with Gasteiger partial charge in [-0.15, -0.1) is 0 Å². The molecule has 0 aliphatic rings. The number of phosphoric ester groups is 1. The van der Waals surface area contributed by atoms with Crippen molar-refractivity contribution in [3.8, 4) is 0 Å². The lowest BCUT2D eigenvalue weighted by Crippen LogP contribution is -2.45. The van der Waals surface area contributed by atoms with Gasteiger partial charge in [0.05, 0.1) is 39.9 Å². The molecule has 3 unspecified atom stereocenters. The van der Waals surface area contributed by atoms with Crippen LogP contribution in [0.25, 0.3) is 0 Å². The normalized spacial score (nSPS) is 15.6. The van der Waals surface area contributed by atoms with Gasteiger partial charge in [0.1, 0.15) is 13.2 Å². The molecule has 0 saturated carbocycles. The van der Waals surface area contributed by atoms with Crippen LogP contribution in [0.4, 0.5) is 0 Å². The number of phosphoric acid groups is 1. The first kappa shape index (κ1) is 52.9. The summed E-state index contributed by atoms with van der Waals surface area (Å²) in [6.07, 6.45) is 55.9. The minimum atomic E-state index is -4.36. The van der Waals surface area contributed by atoms with Gasteiger partial charge in [0.2, 0.25) is 5.91 Å². The minimum Gasteiger partial charge on any atom is -0.387 e. The predicted octanol–water partition coefficient (Wildman–Crippen LogP) is 11.5. The summed E-state index contributed by atoms with van der Waals surface area (Å²) in [6, 6.07) is -0.894. The smallest absolute Gasteiger partial charge is 0.387 e. The Bertz CT molecular complexity index is 1320. The Hall–Kier alpha value is -3.10. The van der Waals surface area contributed by atoms with Gasteiger partial charge in [-0.1, -0.05) is 135 Å². The SMILES string of the molecule is C/C=C/CC/C=C/CC/C=C/C(O)C(COP(=O)(O)OCC[N+](C)(C)C)NC(=O)CCCCC/C=C\C/C=C\C/C=C\C/C=C\C/C=C\C/C=C\C/C=C\CC. The Labute approximate surface area is 342 Å². The summed E-state index contributed by atoms with van der Waals surface area (Å²) in [5.74, 6) is -0.234. The summed E-state index contributed by atoms with van der Waals surface area (Å²) in [5, 5.41) is 13.7. The van der Waals surface area contributed by atoms with E-state index in [0.717, 1.165) is 89.9 Å². The van der Waals surface area contributed by atoms with Crippen molar-refractivity contribution in [2.75, 3.05) is 40.9 Å². The van der Waals surface area contributed by atoms with Crippen LogP contribution in [-0.4, -0.2) is 73.4 Å². The Kier molecular flexibility index (Phi) is 35.4. The molecule has 0 aromatic rings. The number of unbranched alkanes of at least 4 members (excludes halogenated alkanes) is 5. The fraction of sp³-hybridized carbons (Fsp3) is 0.553. The molecule has 0 aliphatic heterocycles. The molecule has 56 heavy (non-hydrogen) atoms. The number of hydrogen-bond donors (Lipinski definition) is 3. The number of nitrogens with one attached hydrogen (secondary N) is 1. The largest absolute Gasteiger partial charge is 0.472 e. The molecule has 1 amide bonds. The van der Waals surface area contributed by atoms with E-state index in [1.54, 1.807) is 6.08 Å². The van der Waals surface area contributed by atoms with Crippen LogP contribution in [0.1, 0.15) is 117 Å². The number of rotatable bonds is 35. The molecule has 0 spiro atoms. The van der Waals surface area contributed by atoms with Crippen LogP contribution in [-0.2, 0) is 18.4 Å². The molecule has 0 heterocycles. The zero-order valence-electron chi connectivity index (χ0n) is 35.6. The van der Waals surface area contributed by atoms with Crippen molar-refractivity contribution in [3.63, 3.8) is 0 Å². The van der Waals surface area contributed by atoms with Crippen molar-refractivity contribution in [1.29, 1.82) is 0 Å². The average molecular weight is 798 g/mol. The monoisotopic (exact) mass is 798 g/mol. The Balaban J connectivity index is 4.44. The number of carbonyl (C=O) groups excluding carboxylic acids is 1. The second-order valence-electron chi connectivity index (χ2n) is 14.6. The number of aliphatic hydroxyl groups excluding tert-OH is 1. The topological polar surface area (TPSA) is 105 Å². The molecule has 0 saturated heterocycles. The Morgan fingerprint density at radius 1 is 0.643 bits per heavy atom. The van der Waals surface area contributed by atoms with E-state index in [1.165, 1.54) is 0 Å². The van der Waals surface area contributed by atoms with E-state index in [-0.39, 0.29) is 19.1 Å². The van der Waals surface area contributed by atoms with Gasteiger partial charge in [-0.3, -0.25) is 13.8 Å². The van der Waals surface area contributed by atoms with Gasteiger partial charge in [-0.05, 0) is 96.8 Å². The lowest BCUT2D eigenvalue weighted by atomic mass is 10.1. The lowest BCUT2D eigenvalue weighted by Gasteiger charge is -2.25. The molecule has 0 aromatic carbocycles. The van der Waals surface area contributed by atoms with E-state index in [1.807, 2.05) is 40.2 Å². The van der Waals surface area contributed by atoms with Crippen LogP contribution in [0.3, 0.4) is 0 Å². The molecule has 0 rings (SSSR count). The maximum absolute atomic E-state index is 12.8. The molecule has 9 heteroatoms. The zero-order valence-corrected chi connectivity index (χ0v) is 36.5. The lowest BCUT2D eigenvalue weighted by molar-refractivity contribution is -0.870. The number of aliphatic hydroxyl groups is 1. The Morgan fingerprint density at radius 2 is 1.11 bits per heavy atom. The quantitative estimate of drug-likeness (QED) is 0.0255. The standard InChI is InChI=1S/C47H77N2O6P/c1-6-8-10-12-14-16-17-18-19-20-21-22-23-24-25-26-27-28-29-30-31-33-35-37-39-41-47(51)48-45(44-55-56(52,53)54-43-42-49(3,4)5)46(50)40-38-36-34-32-15-13-11-9-7-2/h7-10,14-16,18-19,21-22,24-25,27-28,30-32,38,40,45-46,50H,6,11-13,17,20,23,26,29,33-37,39,41-44H2,1-5H3,(H-,48,51,52,53)/p+1/b9-7+,10-8-,16-14-,19-18-,22-21-,25-24-,28-27-,31-30-,32-15+,40-38+. The zero-order chi connectivity index (χ0) is 41.4. The van der Waals surface area contributed by atoms with Crippen molar-refractivity contribution in [2.45, 2.75) is 129 Å². The molecular formula is C47H78N2O6P+. The van der Waals surface area contributed by atoms with E-state index in [0.29, 0.717) is 23.9 Å². The highest BCUT2D eigenvalue weighted by Crippen LogP contribution is 2.43. The van der Waals surface area contributed by atoms with Gasteiger partial charge in [0, 0.05) is 6.42 Å². The number of allylic oxidation sites excluding steroid dienone is 19. The predicted molar refractivity (Wildman–Crippen MR) is 239 cm³/mol. The number of carbonyl (C=O) groups is 1. The molecule has 0 aromatic heterocycles. The molecular weight excluding hydrogens is 719 g/mol. The van der Waals surface area contributed by atoms with Crippen LogP contribution in [0.15, 0.2) is 122 Å². The molecule has 0 fully saturated rings. The minimum absolute atomic E-state index is 0.0384. The van der Waals surface area contributed by atoms with E-state index in [2.05, 4.69) is 116 Å². The van der Waals surface area contributed by atoms with Crippen LogP contribution in [0, 0.1) is 0 Å². The summed E-state index contributed by atoms with van der Waals surface area (Å²) >= 11 is 0.